The first-order chi connectivity index (χ1) is 9.74. The highest BCUT2D eigenvalue weighted by Crippen LogP contribution is 2.29. The van der Waals surface area contributed by atoms with Crippen LogP contribution in [0.2, 0.25) is 0 Å². The van der Waals surface area contributed by atoms with Crippen molar-refractivity contribution in [3.8, 4) is 11.5 Å². The predicted octanol–water partition coefficient (Wildman–Crippen LogP) is 3.64. The summed E-state index contributed by atoms with van der Waals surface area (Å²) < 4.78 is 5.97. The smallest absolute Gasteiger partial charge is 0.132 e. The van der Waals surface area contributed by atoms with Gasteiger partial charge in [-0.1, -0.05) is 37.3 Å². The van der Waals surface area contributed by atoms with E-state index in [0.717, 1.165) is 29.2 Å². The molecule has 1 atom stereocenters. The van der Waals surface area contributed by atoms with Crippen LogP contribution in [0.3, 0.4) is 0 Å². The van der Waals surface area contributed by atoms with Gasteiger partial charge in [0.1, 0.15) is 11.5 Å². The Hall–Kier alpha value is -1.84. The van der Waals surface area contributed by atoms with Crippen molar-refractivity contribution in [1.29, 1.82) is 0 Å². The zero-order valence-electron chi connectivity index (χ0n) is 12.0. The second kappa shape index (κ2) is 7.08. The maximum Gasteiger partial charge on any atom is 0.132 e. The van der Waals surface area contributed by atoms with Gasteiger partial charge >= 0.3 is 0 Å². The molecular formula is C17H21NO2. The number of ether oxygens (including phenoxy) is 1. The normalized spacial score (nSPS) is 12.2. The van der Waals surface area contributed by atoms with Crippen LogP contribution in [-0.4, -0.2) is 11.7 Å². The molecule has 0 fully saturated rings. The molecule has 20 heavy (non-hydrogen) atoms. The van der Waals surface area contributed by atoms with Crippen molar-refractivity contribution in [1.82, 2.24) is 5.32 Å². The lowest BCUT2D eigenvalue weighted by Crippen LogP contribution is -2.18. The summed E-state index contributed by atoms with van der Waals surface area (Å²) in [5.41, 5.74) is 1.98. The molecule has 2 N–H and O–H groups in total. The minimum Gasteiger partial charge on any atom is -0.457 e. The van der Waals surface area contributed by atoms with Crippen LogP contribution in [0, 0.1) is 0 Å². The van der Waals surface area contributed by atoms with E-state index < -0.39 is 0 Å². The van der Waals surface area contributed by atoms with Crippen LogP contribution in [0.25, 0.3) is 0 Å². The molecule has 3 heteroatoms. The molecule has 0 aromatic heterocycles. The van der Waals surface area contributed by atoms with Gasteiger partial charge in [-0.3, -0.25) is 0 Å². The summed E-state index contributed by atoms with van der Waals surface area (Å²) in [6.07, 6.45) is 0. The molecule has 0 aliphatic carbocycles. The molecule has 0 amide bonds. The monoisotopic (exact) mass is 271 g/mol. The Kier molecular flexibility index (Phi) is 5.16. The van der Waals surface area contributed by atoms with Crippen LogP contribution in [0.1, 0.15) is 31.0 Å². The molecule has 2 aromatic rings. The molecule has 2 rings (SSSR count). The maximum absolute atomic E-state index is 9.18. The van der Waals surface area contributed by atoms with E-state index >= 15 is 0 Å². The minimum absolute atomic E-state index is 0.0205. The molecular weight excluding hydrogens is 250 g/mol. The first-order valence-electron chi connectivity index (χ1n) is 6.94. The highest BCUT2D eigenvalue weighted by Gasteiger charge is 2.10. The fraction of sp³-hybridized carbons (Fsp3) is 0.294. The molecule has 0 bridgehead atoms. The van der Waals surface area contributed by atoms with Crippen LogP contribution in [0.15, 0.2) is 48.5 Å². The van der Waals surface area contributed by atoms with E-state index in [4.69, 9.17) is 4.74 Å². The van der Waals surface area contributed by atoms with Crippen molar-refractivity contribution in [2.45, 2.75) is 26.5 Å². The molecule has 0 spiro atoms. The summed E-state index contributed by atoms with van der Waals surface area (Å²) in [7, 11) is 0. The van der Waals surface area contributed by atoms with Crippen molar-refractivity contribution in [3.05, 3.63) is 59.7 Å². The van der Waals surface area contributed by atoms with E-state index in [1.54, 1.807) is 0 Å². The molecule has 0 aliphatic rings. The summed E-state index contributed by atoms with van der Waals surface area (Å²) in [5, 5.41) is 12.6. The number of hydrogen-bond donors (Lipinski definition) is 2. The van der Waals surface area contributed by atoms with E-state index in [0.29, 0.717) is 0 Å². The second-order valence-corrected chi connectivity index (χ2v) is 4.72. The molecule has 1 unspecified atom stereocenters. The topological polar surface area (TPSA) is 41.5 Å². The predicted molar refractivity (Wildman–Crippen MR) is 81.0 cm³/mol. The summed E-state index contributed by atoms with van der Waals surface area (Å²) in [5.74, 6) is 1.59. The highest BCUT2D eigenvalue weighted by molar-refractivity contribution is 5.40. The molecule has 2 aromatic carbocycles. The lowest BCUT2D eigenvalue weighted by Gasteiger charge is -2.17. The number of rotatable bonds is 6. The van der Waals surface area contributed by atoms with E-state index in [2.05, 4.69) is 25.2 Å². The Bertz CT molecular complexity index is 554. The number of para-hydroxylation sites is 1. The quantitative estimate of drug-likeness (QED) is 0.842. The molecule has 0 saturated heterocycles. The maximum atomic E-state index is 9.18. The summed E-state index contributed by atoms with van der Waals surface area (Å²) >= 11 is 0. The number of aliphatic hydroxyl groups is 1. The lowest BCUT2D eigenvalue weighted by molar-refractivity contribution is 0.281. The second-order valence-electron chi connectivity index (χ2n) is 4.72. The van der Waals surface area contributed by atoms with Gasteiger partial charge in [-0.25, -0.2) is 0 Å². The van der Waals surface area contributed by atoms with E-state index in [-0.39, 0.29) is 12.6 Å². The average Bonchev–Trinajstić information content (AvgIpc) is 2.48. The van der Waals surface area contributed by atoms with Crippen LogP contribution in [0.4, 0.5) is 0 Å². The fourth-order valence-corrected chi connectivity index (χ4v) is 2.18. The van der Waals surface area contributed by atoms with Gasteiger partial charge in [-0.15, -0.1) is 0 Å². The van der Waals surface area contributed by atoms with Gasteiger partial charge in [0, 0.05) is 11.6 Å². The standard InChI is InChI=1S/C17H21NO2/c1-3-18-13(2)16-9-4-5-10-17(16)20-15-8-6-7-14(11-15)12-19/h4-11,13,18-19H,3,12H2,1-2H3. The third-order valence-corrected chi connectivity index (χ3v) is 3.20. The first-order valence-corrected chi connectivity index (χ1v) is 6.94. The molecule has 3 nitrogen and oxygen atoms in total. The Morgan fingerprint density at radius 1 is 1.15 bits per heavy atom. The Labute approximate surface area is 120 Å². The molecule has 0 heterocycles. The van der Waals surface area contributed by atoms with E-state index in [1.165, 1.54) is 0 Å². The van der Waals surface area contributed by atoms with Gasteiger partial charge in [0.25, 0.3) is 0 Å². The van der Waals surface area contributed by atoms with Gasteiger partial charge in [-0.05, 0) is 37.2 Å². The SMILES string of the molecule is CCNC(C)c1ccccc1Oc1cccc(CO)c1. The zero-order valence-corrected chi connectivity index (χ0v) is 12.0. The lowest BCUT2D eigenvalue weighted by atomic mass is 10.1. The fourth-order valence-electron chi connectivity index (χ4n) is 2.18. The third-order valence-electron chi connectivity index (χ3n) is 3.20. The first kappa shape index (κ1) is 14.6. The molecule has 0 saturated carbocycles. The summed E-state index contributed by atoms with van der Waals surface area (Å²) in [6, 6.07) is 15.8. The Morgan fingerprint density at radius 2 is 1.95 bits per heavy atom. The number of aliphatic hydroxyl groups excluding tert-OH is 1. The van der Waals surface area contributed by atoms with Crippen molar-refractivity contribution in [3.63, 3.8) is 0 Å². The minimum atomic E-state index is 0.0205. The summed E-state index contributed by atoms with van der Waals surface area (Å²) in [4.78, 5) is 0. The van der Waals surface area contributed by atoms with Crippen molar-refractivity contribution in [2.24, 2.45) is 0 Å². The van der Waals surface area contributed by atoms with Crippen LogP contribution in [-0.2, 0) is 6.61 Å². The highest BCUT2D eigenvalue weighted by atomic mass is 16.5. The van der Waals surface area contributed by atoms with E-state index in [1.807, 2.05) is 42.5 Å². The number of hydrogen-bond acceptors (Lipinski definition) is 3. The van der Waals surface area contributed by atoms with Crippen LogP contribution >= 0.6 is 0 Å². The van der Waals surface area contributed by atoms with Gasteiger partial charge < -0.3 is 15.2 Å². The Balaban J connectivity index is 2.24. The van der Waals surface area contributed by atoms with Crippen LogP contribution in [0.5, 0.6) is 11.5 Å². The molecule has 106 valence electrons. The van der Waals surface area contributed by atoms with Gasteiger partial charge in [0.2, 0.25) is 0 Å². The molecule has 0 aliphatic heterocycles. The number of benzene rings is 2. The van der Waals surface area contributed by atoms with E-state index in [9.17, 15) is 5.11 Å². The molecule has 0 radical (unpaired) electrons. The van der Waals surface area contributed by atoms with Crippen molar-refractivity contribution in [2.75, 3.05) is 6.54 Å². The number of nitrogens with one attached hydrogen (secondary N) is 1. The van der Waals surface area contributed by atoms with Crippen molar-refractivity contribution >= 4 is 0 Å². The largest absolute Gasteiger partial charge is 0.457 e. The zero-order chi connectivity index (χ0) is 14.4. The summed E-state index contributed by atoms with van der Waals surface area (Å²) in [6.45, 7) is 5.14. The van der Waals surface area contributed by atoms with Gasteiger partial charge in [0.15, 0.2) is 0 Å². The third kappa shape index (κ3) is 3.59. The average molecular weight is 271 g/mol. The van der Waals surface area contributed by atoms with Gasteiger partial charge in [-0.2, -0.15) is 0 Å². The van der Waals surface area contributed by atoms with Crippen LogP contribution < -0.4 is 10.1 Å². The van der Waals surface area contributed by atoms with Crippen molar-refractivity contribution < 1.29 is 9.84 Å². The van der Waals surface area contributed by atoms with Gasteiger partial charge in [0.05, 0.1) is 6.61 Å². The Morgan fingerprint density at radius 3 is 2.70 bits per heavy atom.